The number of carbonyl (C=O) groups excluding carboxylic acids is 1. The number of rotatable bonds is 20. The average Bonchev–Trinajstić information content (AvgIpc) is 2.99. The van der Waals surface area contributed by atoms with Gasteiger partial charge in [-0.05, 0) is 66.3 Å². The Morgan fingerprint density at radius 2 is 1.17 bits per heavy atom. The Morgan fingerprint density at radius 1 is 0.634 bits per heavy atom. The van der Waals surface area contributed by atoms with Gasteiger partial charge in [0.2, 0.25) is 0 Å². The van der Waals surface area contributed by atoms with Crippen molar-refractivity contribution < 1.29 is 18.7 Å². The van der Waals surface area contributed by atoms with Crippen LogP contribution in [0.2, 0.25) is 0 Å². The van der Waals surface area contributed by atoms with Gasteiger partial charge in [-0.2, -0.15) is 0 Å². The van der Waals surface area contributed by atoms with E-state index in [1.807, 2.05) is 12.1 Å². The van der Waals surface area contributed by atoms with Gasteiger partial charge in [0.1, 0.15) is 5.75 Å². The molecule has 0 amide bonds. The number of benzene rings is 3. The number of aryl methyl sites for hydroxylation is 1. The van der Waals surface area contributed by atoms with Crippen LogP contribution in [0.15, 0.2) is 66.7 Å². The summed E-state index contributed by atoms with van der Waals surface area (Å²) in [7, 11) is 0. The second kappa shape index (κ2) is 19.1. The summed E-state index contributed by atoms with van der Waals surface area (Å²) in [5.41, 5.74) is 3.71. The predicted molar refractivity (Wildman–Crippen MR) is 168 cm³/mol. The van der Waals surface area contributed by atoms with Gasteiger partial charge in [0, 0.05) is 0 Å². The van der Waals surface area contributed by atoms with Crippen LogP contribution >= 0.6 is 0 Å². The van der Waals surface area contributed by atoms with Gasteiger partial charge >= 0.3 is 5.97 Å². The van der Waals surface area contributed by atoms with Gasteiger partial charge in [-0.3, -0.25) is 0 Å². The van der Waals surface area contributed by atoms with Crippen molar-refractivity contribution in [2.24, 2.45) is 0 Å². The van der Waals surface area contributed by atoms with Gasteiger partial charge in [-0.1, -0.05) is 127 Å². The molecule has 0 radical (unpaired) electrons. The summed E-state index contributed by atoms with van der Waals surface area (Å²) in [6.45, 7) is 4.94. The van der Waals surface area contributed by atoms with Crippen LogP contribution in [0, 0.1) is 5.82 Å². The smallest absolute Gasteiger partial charge is 0.343 e. The average molecular weight is 561 g/mol. The Labute approximate surface area is 247 Å². The summed E-state index contributed by atoms with van der Waals surface area (Å²) in [6, 6.07) is 20.4. The molecule has 4 heteroatoms. The molecule has 0 spiro atoms. The fraction of sp³-hybridized carbons (Fsp3) is 0.486. The molecule has 3 aromatic rings. The first-order valence-corrected chi connectivity index (χ1v) is 15.9. The molecule has 0 heterocycles. The Balaban J connectivity index is 1.41. The van der Waals surface area contributed by atoms with E-state index in [1.165, 1.54) is 94.7 Å². The van der Waals surface area contributed by atoms with Gasteiger partial charge < -0.3 is 9.47 Å². The molecule has 3 nitrogen and oxygen atoms in total. The normalized spacial score (nSPS) is 11.0. The summed E-state index contributed by atoms with van der Waals surface area (Å²) < 4.78 is 25.6. The highest BCUT2D eigenvalue weighted by atomic mass is 19.1. The molecule has 0 unspecified atom stereocenters. The van der Waals surface area contributed by atoms with E-state index in [1.54, 1.807) is 18.2 Å². The molecule has 0 saturated heterocycles. The summed E-state index contributed by atoms with van der Waals surface area (Å²) in [4.78, 5) is 12.6. The molecule has 0 bridgehead atoms. The van der Waals surface area contributed by atoms with E-state index in [4.69, 9.17) is 9.47 Å². The fourth-order valence-electron chi connectivity index (χ4n) is 5.02. The van der Waals surface area contributed by atoms with Crippen LogP contribution in [0.5, 0.6) is 11.5 Å². The molecule has 222 valence electrons. The van der Waals surface area contributed by atoms with Gasteiger partial charge in [-0.15, -0.1) is 0 Å². The lowest BCUT2D eigenvalue weighted by Gasteiger charge is -2.10. The maximum atomic E-state index is 14.5. The van der Waals surface area contributed by atoms with Crippen LogP contribution in [-0.2, 0) is 6.42 Å². The van der Waals surface area contributed by atoms with E-state index in [2.05, 4.69) is 38.1 Å². The topological polar surface area (TPSA) is 35.5 Å². The van der Waals surface area contributed by atoms with E-state index < -0.39 is 11.8 Å². The Kier molecular flexibility index (Phi) is 15.1. The first-order chi connectivity index (χ1) is 20.1. The molecule has 0 aliphatic rings. The molecule has 41 heavy (non-hydrogen) atoms. The minimum absolute atomic E-state index is 0.159. The Hall–Kier alpha value is -3.14. The van der Waals surface area contributed by atoms with E-state index in [0.29, 0.717) is 12.4 Å². The van der Waals surface area contributed by atoms with Crippen molar-refractivity contribution in [3.63, 3.8) is 0 Å². The van der Waals surface area contributed by atoms with Gasteiger partial charge in [-0.25, -0.2) is 9.18 Å². The Bertz CT molecular complexity index is 1140. The zero-order valence-electron chi connectivity index (χ0n) is 25.3. The number of carbonyl (C=O) groups is 1. The number of unbranched alkanes of at least 4 members (excludes halogenated alkanes) is 12. The maximum Gasteiger partial charge on any atom is 0.343 e. The number of hydrogen-bond acceptors (Lipinski definition) is 3. The molecule has 3 rings (SSSR count). The zero-order chi connectivity index (χ0) is 29.1. The van der Waals surface area contributed by atoms with E-state index >= 15 is 0 Å². The quantitative estimate of drug-likeness (QED) is 0.0783. The third-order valence-electron chi connectivity index (χ3n) is 7.59. The van der Waals surface area contributed by atoms with Gasteiger partial charge in [0.15, 0.2) is 11.6 Å². The first kappa shape index (κ1) is 32.4. The first-order valence-electron chi connectivity index (χ1n) is 15.9. The maximum absolute atomic E-state index is 14.5. The molecule has 0 fully saturated rings. The van der Waals surface area contributed by atoms with Crippen molar-refractivity contribution in [3.8, 4) is 22.6 Å². The highest BCUT2D eigenvalue weighted by Gasteiger charge is 2.13. The summed E-state index contributed by atoms with van der Waals surface area (Å²) in [6.07, 6.45) is 18.6. The summed E-state index contributed by atoms with van der Waals surface area (Å²) >= 11 is 0. The van der Waals surface area contributed by atoms with Crippen molar-refractivity contribution in [1.29, 1.82) is 0 Å². The number of ether oxygens (including phenoxy) is 2. The summed E-state index contributed by atoms with van der Waals surface area (Å²) in [5.74, 6) is -0.544. The second-order valence-corrected chi connectivity index (χ2v) is 11.1. The minimum atomic E-state index is -0.593. The van der Waals surface area contributed by atoms with Gasteiger partial charge in [0.25, 0.3) is 0 Å². The molecular formula is C37H49FO3. The van der Waals surface area contributed by atoms with Crippen LogP contribution in [0.3, 0.4) is 0 Å². The third kappa shape index (κ3) is 12.1. The molecule has 0 aliphatic heterocycles. The van der Waals surface area contributed by atoms with E-state index in [-0.39, 0.29) is 11.3 Å². The molecule has 0 aromatic heterocycles. The minimum Gasteiger partial charge on any atom is -0.491 e. The number of halogens is 1. The molecule has 0 atom stereocenters. The van der Waals surface area contributed by atoms with Crippen LogP contribution < -0.4 is 9.47 Å². The number of esters is 1. The lowest BCUT2D eigenvalue weighted by atomic mass is 10.0. The standard InChI is InChI=1S/C37H49FO3/c1-3-5-7-9-11-13-15-17-30-18-20-31(21-19-30)32-22-25-34(26-23-32)41-37(39)33-24-27-36(35(38)29-33)40-28-16-14-12-10-8-6-4-2/h18-27,29H,3-17,28H2,1-2H3. The molecule has 0 saturated carbocycles. The zero-order valence-corrected chi connectivity index (χ0v) is 25.3. The monoisotopic (exact) mass is 560 g/mol. The summed E-state index contributed by atoms with van der Waals surface area (Å²) in [5, 5.41) is 0. The SMILES string of the molecule is CCCCCCCCCOc1ccc(C(=O)Oc2ccc(-c3ccc(CCCCCCCCC)cc3)cc2)cc1F. The van der Waals surface area contributed by atoms with E-state index in [9.17, 15) is 9.18 Å². The van der Waals surface area contributed by atoms with Crippen molar-refractivity contribution in [3.05, 3.63) is 83.7 Å². The van der Waals surface area contributed by atoms with Crippen molar-refractivity contribution in [1.82, 2.24) is 0 Å². The van der Waals surface area contributed by atoms with Crippen molar-refractivity contribution in [2.75, 3.05) is 6.61 Å². The Morgan fingerprint density at radius 3 is 1.76 bits per heavy atom. The lowest BCUT2D eigenvalue weighted by molar-refractivity contribution is 0.0734. The van der Waals surface area contributed by atoms with Crippen LogP contribution in [0.1, 0.15) is 120 Å². The fourth-order valence-corrected chi connectivity index (χ4v) is 5.02. The van der Waals surface area contributed by atoms with Crippen molar-refractivity contribution >= 4 is 5.97 Å². The van der Waals surface area contributed by atoms with Gasteiger partial charge in [0.05, 0.1) is 12.2 Å². The second-order valence-electron chi connectivity index (χ2n) is 11.1. The molecule has 0 aliphatic carbocycles. The largest absolute Gasteiger partial charge is 0.491 e. The number of hydrogen-bond donors (Lipinski definition) is 0. The highest BCUT2D eigenvalue weighted by molar-refractivity contribution is 5.91. The third-order valence-corrected chi connectivity index (χ3v) is 7.59. The molecule has 0 N–H and O–H groups in total. The van der Waals surface area contributed by atoms with Crippen molar-refractivity contribution in [2.45, 2.75) is 110 Å². The lowest BCUT2D eigenvalue weighted by Crippen LogP contribution is -2.09. The highest BCUT2D eigenvalue weighted by Crippen LogP contribution is 2.25. The van der Waals surface area contributed by atoms with Crippen LogP contribution in [-0.4, -0.2) is 12.6 Å². The predicted octanol–water partition coefficient (Wildman–Crippen LogP) is 11.1. The van der Waals surface area contributed by atoms with Crippen LogP contribution in [0.4, 0.5) is 4.39 Å². The van der Waals surface area contributed by atoms with E-state index in [0.717, 1.165) is 30.4 Å². The van der Waals surface area contributed by atoms with Crippen LogP contribution in [0.25, 0.3) is 11.1 Å². The molecule has 3 aromatic carbocycles. The molecular weight excluding hydrogens is 511 g/mol.